The molecule has 0 radical (unpaired) electrons. The van der Waals surface area contributed by atoms with Crippen LogP contribution in [0.25, 0.3) is 0 Å². The van der Waals surface area contributed by atoms with Crippen LogP contribution in [-0.2, 0) is 7.05 Å². The third kappa shape index (κ3) is 2.39. The van der Waals surface area contributed by atoms with Crippen LogP contribution in [0.15, 0.2) is 0 Å². The maximum absolute atomic E-state index is 12.2. The summed E-state index contributed by atoms with van der Waals surface area (Å²) in [5, 5.41) is 7.37. The first kappa shape index (κ1) is 12.6. The van der Waals surface area contributed by atoms with Crippen molar-refractivity contribution in [3.8, 4) is 0 Å². The van der Waals surface area contributed by atoms with E-state index >= 15 is 0 Å². The van der Waals surface area contributed by atoms with Gasteiger partial charge in [-0.15, -0.1) is 0 Å². The maximum Gasteiger partial charge on any atom is 0.255 e. The van der Waals surface area contributed by atoms with Gasteiger partial charge in [0, 0.05) is 23.6 Å². The number of carbonyl (C=O) groups is 1. The van der Waals surface area contributed by atoms with E-state index in [1.54, 1.807) is 4.68 Å². The number of alkyl halides is 1. The summed E-state index contributed by atoms with van der Waals surface area (Å²) in [6.45, 7) is 3.80. The number of nitrogens with zero attached hydrogens (tertiary/aromatic N) is 2. The standard InChI is InChI=1S/C12H18BrN3O/c1-7-11(8(2)16(3)15-7)12(17)14-10-6-4-5-9(10)13/h9-10H,4-6H2,1-3H3,(H,14,17). The number of carbonyl (C=O) groups excluding carboxylic acids is 1. The largest absolute Gasteiger partial charge is 0.348 e. The SMILES string of the molecule is Cc1nn(C)c(C)c1C(=O)NC1CCCC1Br. The number of rotatable bonds is 2. The van der Waals surface area contributed by atoms with Crippen molar-refractivity contribution in [2.45, 2.75) is 44.0 Å². The molecule has 94 valence electrons. The summed E-state index contributed by atoms with van der Waals surface area (Å²) in [6, 6.07) is 0.251. The molecule has 1 aromatic heterocycles. The minimum absolute atomic E-state index is 0.00412. The van der Waals surface area contributed by atoms with Gasteiger partial charge < -0.3 is 5.32 Å². The Kier molecular flexibility index (Phi) is 3.56. The highest BCUT2D eigenvalue weighted by molar-refractivity contribution is 9.09. The fourth-order valence-electron chi connectivity index (χ4n) is 2.42. The number of aryl methyl sites for hydroxylation is 2. The van der Waals surface area contributed by atoms with E-state index in [2.05, 4.69) is 26.3 Å². The maximum atomic E-state index is 12.2. The average Bonchev–Trinajstić information content (AvgIpc) is 2.74. The molecule has 17 heavy (non-hydrogen) atoms. The van der Waals surface area contributed by atoms with Crippen LogP contribution < -0.4 is 5.32 Å². The lowest BCUT2D eigenvalue weighted by molar-refractivity contribution is 0.0937. The van der Waals surface area contributed by atoms with Gasteiger partial charge in [0.05, 0.1) is 11.3 Å². The van der Waals surface area contributed by atoms with Crippen LogP contribution in [0.1, 0.15) is 41.0 Å². The minimum Gasteiger partial charge on any atom is -0.348 e. The van der Waals surface area contributed by atoms with Crippen molar-refractivity contribution in [3.63, 3.8) is 0 Å². The molecule has 2 atom stereocenters. The van der Waals surface area contributed by atoms with E-state index in [-0.39, 0.29) is 11.9 Å². The molecule has 0 bridgehead atoms. The van der Waals surface area contributed by atoms with E-state index in [1.165, 1.54) is 6.42 Å². The molecule has 0 aromatic carbocycles. The molecule has 1 aliphatic carbocycles. The highest BCUT2D eigenvalue weighted by Crippen LogP contribution is 2.26. The minimum atomic E-state index is 0.00412. The van der Waals surface area contributed by atoms with Gasteiger partial charge in [0.2, 0.25) is 0 Å². The second-order valence-electron chi connectivity index (χ2n) is 4.70. The first-order chi connectivity index (χ1) is 8.00. The normalized spacial score (nSPS) is 24.0. The molecule has 1 aliphatic rings. The quantitative estimate of drug-likeness (QED) is 0.850. The molecule has 0 saturated heterocycles. The van der Waals surface area contributed by atoms with Crippen molar-refractivity contribution in [1.82, 2.24) is 15.1 Å². The van der Waals surface area contributed by atoms with Crippen molar-refractivity contribution in [3.05, 3.63) is 17.0 Å². The molecule has 1 heterocycles. The molecule has 2 rings (SSSR count). The zero-order chi connectivity index (χ0) is 12.6. The Morgan fingerprint density at radius 2 is 2.18 bits per heavy atom. The highest BCUT2D eigenvalue weighted by Gasteiger charge is 2.28. The van der Waals surface area contributed by atoms with Crippen molar-refractivity contribution >= 4 is 21.8 Å². The summed E-state index contributed by atoms with van der Waals surface area (Å²) in [5.74, 6) is 0.00412. The van der Waals surface area contributed by atoms with Gasteiger partial charge in [0.1, 0.15) is 0 Å². The Balaban J connectivity index is 2.14. The monoisotopic (exact) mass is 299 g/mol. The summed E-state index contributed by atoms with van der Waals surface area (Å²) in [5.41, 5.74) is 2.44. The Labute approximate surface area is 110 Å². The van der Waals surface area contributed by atoms with Gasteiger partial charge in [-0.2, -0.15) is 5.10 Å². The molecule has 2 unspecified atom stereocenters. The Morgan fingerprint density at radius 3 is 2.65 bits per heavy atom. The van der Waals surface area contributed by atoms with Crippen LogP contribution >= 0.6 is 15.9 Å². The third-order valence-electron chi connectivity index (χ3n) is 3.48. The van der Waals surface area contributed by atoms with E-state index in [0.717, 1.165) is 29.8 Å². The summed E-state index contributed by atoms with van der Waals surface area (Å²) in [6.07, 6.45) is 3.36. The second-order valence-corrected chi connectivity index (χ2v) is 5.87. The predicted molar refractivity (Wildman–Crippen MR) is 70.5 cm³/mol. The molecule has 5 heteroatoms. The van der Waals surface area contributed by atoms with Crippen LogP contribution in [0, 0.1) is 13.8 Å². The summed E-state index contributed by atoms with van der Waals surface area (Å²) >= 11 is 3.61. The average molecular weight is 300 g/mol. The second kappa shape index (κ2) is 4.80. The van der Waals surface area contributed by atoms with Gasteiger partial charge in [-0.25, -0.2) is 0 Å². The van der Waals surface area contributed by atoms with Crippen LogP contribution in [-0.4, -0.2) is 26.6 Å². The summed E-state index contributed by atoms with van der Waals surface area (Å²) in [4.78, 5) is 12.6. The molecule has 1 fully saturated rings. The zero-order valence-corrected chi connectivity index (χ0v) is 12.0. The van der Waals surface area contributed by atoms with Crippen molar-refractivity contribution in [2.75, 3.05) is 0 Å². The number of hydrogen-bond acceptors (Lipinski definition) is 2. The van der Waals surface area contributed by atoms with E-state index in [1.807, 2.05) is 20.9 Å². The van der Waals surface area contributed by atoms with Gasteiger partial charge in [0.25, 0.3) is 5.91 Å². The molecule has 1 saturated carbocycles. The lowest BCUT2D eigenvalue weighted by atomic mass is 10.1. The number of hydrogen-bond donors (Lipinski definition) is 1. The first-order valence-electron chi connectivity index (χ1n) is 5.96. The molecule has 4 nitrogen and oxygen atoms in total. The topological polar surface area (TPSA) is 46.9 Å². The molecule has 1 amide bonds. The van der Waals surface area contributed by atoms with Gasteiger partial charge >= 0.3 is 0 Å². The van der Waals surface area contributed by atoms with E-state index in [0.29, 0.717) is 4.83 Å². The van der Waals surface area contributed by atoms with Crippen LogP contribution in [0.3, 0.4) is 0 Å². The van der Waals surface area contributed by atoms with Crippen LogP contribution in [0.4, 0.5) is 0 Å². The molecule has 0 aliphatic heterocycles. The number of aromatic nitrogens is 2. The van der Waals surface area contributed by atoms with Crippen LogP contribution in [0.5, 0.6) is 0 Å². The zero-order valence-electron chi connectivity index (χ0n) is 10.5. The predicted octanol–water partition coefficient (Wildman–Crippen LogP) is 2.08. The Hall–Kier alpha value is -0.840. The fraction of sp³-hybridized carbons (Fsp3) is 0.667. The number of halogens is 1. The van der Waals surface area contributed by atoms with Gasteiger partial charge in [-0.05, 0) is 26.7 Å². The van der Waals surface area contributed by atoms with Crippen LogP contribution in [0.2, 0.25) is 0 Å². The number of amides is 1. The van der Waals surface area contributed by atoms with E-state index in [9.17, 15) is 4.79 Å². The van der Waals surface area contributed by atoms with Crippen molar-refractivity contribution in [2.24, 2.45) is 7.05 Å². The first-order valence-corrected chi connectivity index (χ1v) is 6.87. The van der Waals surface area contributed by atoms with Gasteiger partial charge in [0.15, 0.2) is 0 Å². The Morgan fingerprint density at radius 1 is 1.47 bits per heavy atom. The lowest BCUT2D eigenvalue weighted by Crippen LogP contribution is -2.38. The smallest absolute Gasteiger partial charge is 0.255 e. The molecule has 0 spiro atoms. The Bertz CT molecular complexity index is 441. The van der Waals surface area contributed by atoms with E-state index in [4.69, 9.17) is 0 Å². The third-order valence-corrected chi connectivity index (χ3v) is 4.58. The highest BCUT2D eigenvalue weighted by atomic mass is 79.9. The summed E-state index contributed by atoms with van der Waals surface area (Å²) < 4.78 is 1.75. The molecular weight excluding hydrogens is 282 g/mol. The fourth-order valence-corrected chi connectivity index (χ4v) is 3.14. The number of nitrogens with one attached hydrogen (secondary N) is 1. The van der Waals surface area contributed by atoms with Crippen molar-refractivity contribution < 1.29 is 4.79 Å². The van der Waals surface area contributed by atoms with E-state index < -0.39 is 0 Å². The molecule has 1 N–H and O–H groups in total. The molecule has 1 aromatic rings. The summed E-state index contributed by atoms with van der Waals surface area (Å²) in [7, 11) is 1.86. The van der Waals surface area contributed by atoms with Gasteiger partial charge in [-0.1, -0.05) is 22.4 Å². The lowest BCUT2D eigenvalue weighted by Gasteiger charge is -2.16. The van der Waals surface area contributed by atoms with Crippen molar-refractivity contribution in [1.29, 1.82) is 0 Å². The molecular formula is C12H18BrN3O. The van der Waals surface area contributed by atoms with Gasteiger partial charge in [-0.3, -0.25) is 9.48 Å².